The molecule has 1 rings (SSSR count). The van der Waals surface area contributed by atoms with E-state index in [-0.39, 0.29) is 5.75 Å². The fraction of sp³-hybridized carbons (Fsp3) is 0.579. The highest BCUT2D eigenvalue weighted by molar-refractivity contribution is 7.99. The predicted octanol–water partition coefficient (Wildman–Crippen LogP) is 3.43. The number of benzene rings is 1. The maximum absolute atomic E-state index is 11.0. The van der Waals surface area contributed by atoms with E-state index < -0.39 is 24.0 Å². The van der Waals surface area contributed by atoms with Gasteiger partial charge in [-0.1, -0.05) is 36.6 Å². The van der Waals surface area contributed by atoms with Crippen molar-refractivity contribution < 1.29 is 24.9 Å². The monoisotopic (exact) mass is 368 g/mol. The van der Waals surface area contributed by atoms with Gasteiger partial charge in [0.05, 0.1) is 6.42 Å². The quantitative estimate of drug-likeness (QED) is 0.489. The van der Waals surface area contributed by atoms with Gasteiger partial charge in [-0.3, -0.25) is 4.79 Å². The summed E-state index contributed by atoms with van der Waals surface area (Å²) in [5.41, 5.74) is 1.82. The topological polar surface area (TPSA) is 94.8 Å². The summed E-state index contributed by atoms with van der Waals surface area (Å²) in [5.74, 6) is -2.16. The lowest BCUT2D eigenvalue weighted by Gasteiger charge is -2.20. The van der Waals surface area contributed by atoms with Crippen molar-refractivity contribution in [3.8, 4) is 0 Å². The molecule has 0 aliphatic carbocycles. The SMILES string of the molecule is Cc1ccc(CCCCCCSC[C@@](O)(CC(=O)O)C(=O)O)c(C)c1. The number of rotatable bonds is 12. The van der Waals surface area contributed by atoms with E-state index in [0.717, 1.165) is 37.9 Å². The van der Waals surface area contributed by atoms with Crippen LogP contribution >= 0.6 is 11.8 Å². The Morgan fingerprint density at radius 3 is 2.36 bits per heavy atom. The van der Waals surface area contributed by atoms with Crippen LogP contribution in [0.5, 0.6) is 0 Å². The molecule has 6 heteroatoms. The molecule has 1 atom stereocenters. The standard InChI is InChI=1S/C19H28O5S/c1-14-8-9-16(15(2)11-14)7-5-3-4-6-10-25-13-19(24,18(22)23)12-17(20)21/h8-9,11,24H,3-7,10,12-13H2,1-2H3,(H,20,21)(H,22,23)/t19-/m0/s1. The van der Waals surface area contributed by atoms with Crippen molar-refractivity contribution in [1.29, 1.82) is 0 Å². The number of thioether (sulfide) groups is 1. The zero-order valence-corrected chi connectivity index (χ0v) is 15.8. The molecular formula is C19H28O5S. The molecule has 0 aliphatic heterocycles. The molecule has 0 fully saturated rings. The van der Waals surface area contributed by atoms with Gasteiger partial charge in [0, 0.05) is 5.75 Å². The first kappa shape index (κ1) is 21.5. The minimum absolute atomic E-state index is 0.100. The first-order chi connectivity index (χ1) is 11.7. The zero-order valence-electron chi connectivity index (χ0n) is 15.0. The molecule has 0 saturated heterocycles. The molecule has 5 nitrogen and oxygen atoms in total. The van der Waals surface area contributed by atoms with E-state index in [1.807, 2.05) is 0 Å². The van der Waals surface area contributed by atoms with Gasteiger partial charge in [0.15, 0.2) is 5.60 Å². The van der Waals surface area contributed by atoms with Crippen LogP contribution < -0.4 is 0 Å². The Morgan fingerprint density at radius 2 is 1.76 bits per heavy atom. The molecule has 0 spiro atoms. The van der Waals surface area contributed by atoms with Crippen LogP contribution in [0, 0.1) is 13.8 Å². The summed E-state index contributed by atoms with van der Waals surface area (Å²) < 4.78 is 0. The molecule has 0 bridgehead atoms. The molecule has 0 saturated carbocycles. The summed E-state index contributed by atoms with van der Waals surface area (Å²) >= 11 is 1.29. The maximum Gasteiger partial charge on any atom is 0.337 e. The van der Waals surface area contributed by atoms with Crippen molar-refractivity contribution in [2.45, 2.75) is 58.0 Å². The lowest BCUT2D eigenvalue weighted by atomic mass is 10.00. The van der Waals surface area contributed by atoms with Crippen LogP contribution in [0.15, 0.2) is 18.2 Å². The highest BCUT2D eigenvalue weighted by Gasteiger charge is 2.38. The summed E-state index contributed by atoms with van der Waals surface area (Å²) in [7, 11) is 0. The number of aryl methyl sites for hydroxylation is 3. The number of aliphatic carboxylic acids is 2. The number of carboxylic acid groups (broad SMARTS) is 2. The van der Waals surface area contributed by atoms with E-state index in [4.69, 9.17) is 10.2 Å². The van der Waals surface area contributed by atoms with Crippen molar-refractivity contribution in [1.82, 2.24) is 0 Å². The molecule has 0 unspecified atom stereocenters. The van der Waals surface area contributed by atoms with Crippen LogP contribution in [0.2, 0.25) is 0 Å². The van der Waals surface area contributed by atoms with E-state index in [9.17, 15) is 14.7 Å². The Balaban J connectivity index is 2.17. The van der Waals surface area contributed by atoms with Gasteiger partial charge in [-0.15, -0.1) is 0 Å². The first-order valence-electron chi connectivity index (χ1n) is 8.56. The summed E-state index contributed by atoms with van der Waals surface area (Å²) in [6, 6.07) is 6.53. The van der Waals surface area contributed by atoms with Gasteiger partial charge < -0.3 is 15.3 Å². The minimum atomic E-state index is -2.18. The molecule has 140 valence electrons. The third-order valence-electron chi connectivity index (χ3n) is 4.17. The maximum atomic E-state index is 11.0. The van der Waals surface area contributed by atoms with Gasteiger partial charge in [-0.25, -0.2) is 4.79 Å². The molecular weight excluding hydrogens is 340 g/mol. The van der Waals surface area contributed by atoms with Crippen LogP contribution in [-0.2, 0) is 16.0 Å². The largest absolute Gasteiger partial charge is 0.481 e. The van der Waals surface area contributed by atoms with Crippen molar-refractivity contribution in [3.05, 3.63) is 34.9 Å². The second-order valence-electron chi connectivity index (χ2n) is 6.55. The average Bonchev–Trinajstić information content (AvgIpc) is 2.50. The smallest absolute Gasteiger partial charge is 0.337 e. The van der Waals surface area contributed by atoms with E-state index in [1.54, 1.807) is 0 Å². The van der Waals surface area contributed by atoms with Crippen LogP contribution in [-0.4, -0.2) is 44.4 Å². The predicted molar refractivity (Wildman–Crippen MR) is 100 cm³/mol. The van der Waals surface area contributed by atoms with Gasteiger partial charge in [0.1, 0.15) is 0 Å². The molecule has 0 amide bonds. The lowest BCUT2D eigenvalue weighted by Crippen LogP contribution is -2.43. The van der Waals surface area contributed by atoms with Crippen LogP contribution in [0.1, 0.15) is 48.8 Å². The molecule has 1 aromatic rings. The fourth-order valence-corrected chi connectivity index (χ4v) is 3.79. The second-order valence-corrected chi connectivity index (χ2v) is 7.66. The van der Waals surface area contributed by atoms with Crippen LogP contribution in [0.25, 0.3) is 0 Å². The fourth-order valence-electron chi connectivity index (χ4n) is 2.68. The molecule has 25 heavy (non-hydrogen) atoms. The van der Waals surface area contributed by atoms with Crippen molar-refractivity contribution in [2.24, 2.45) is 0 Å². The third-order valence-corrected chi connectivity index (χ3v) is 5.42. The van der Waals surface area contributed by atoms with Crippen molar-refractivity contribution in [2.75, 3.05) is 11.5 Å². The number of unbranched alkanes of at least 4 members (excludes halogenated alkanes) is 3. The second kappa shape index (κ2) is 10.5. The van der Waals surface area contributed by atoms with Crippen molar-refractivity contribution >= 4 is 23.7 Å². The summed E-state index contributed by atoms with van der Waals surface area (Å²) in [5, 5.41) is 27.5. The minimum Gasteiger partial charge on any atom is -0.481 e. The molecule has 0 aromatic heterocycles. The lowest BCUT2D eigenvalue weighted by molar-refractivity contribution is -0.162. The highest BCUT2D eigenvalue weighted by atomic mass is 32.2. The van der Waals surface area contributed by atoms with Crippen molar-refractivity contribution in [3.63, 3.8) is 0 Å². The Morgan fingerprint density at radius 1 is 1.08 bits per heavy atom. The number of hydrogen-bond acceptors (Lipinski definition) is 4. The van der Waals surface area contributed by atoms with Gasteiger partial charge in [-0.05, 0) is 50.0 Å². The number of hydrogen-bond donors (Lipinski definition) is 3. The molecule has 1 aromatic carbocycles. The number of aliphatic hydroxyl groups is 1. The van der Waals surface area contributed by atoms with Crippen LogP contribution in [0.3, 0.4) is 0 Å². The summed E-state index contributed by atoms with van der Waals surface area (Å²) in [6.07, 6.45) is 4.49. The zero-order chi connectivity index (χ0) is 18.9. The summed E-state index contributed by atoms with van der Waals surface area (Å²) in [6.45, 7) is 4.23. The van der Waals surface area contributed by atoms with E-state index >= 15 is 0 Å². The van der Waals surface area contributed by atoms with Crippen LogP contribution in [0.4, 0.5) is 0 Å². The van der Waals surface area contributed by atoms with Gasteiger partial charge in [-0.2, -0.15) is 11.8 Å². The highest BCUT2D eigenvalue weighted by Crippen LogP contribution is 2.20. The first-order valence-corrected chi connectivity index (χ1v) is 9.71. The Hall–Kier alpha value is -1.53. The third kappa shape index (κ3) is 7.92. The summed E-state index contributed by atoms with van der Waals surface area (Å²) in [4.78, 5) is 21.7. The van der Waals surface area contributed by atoms with E-state index in [1.165, 1.54) is 28.5 Å². The molecule has 0 aliphatic rings. The van der Waals surface area contributed by atoms with E-state index in [0.29, 0.717) is 0 Å². The van der Waals surface area contributed by atoms with Gasteiger partial charge >= 0.3 is 11.9 Å². The van der Waals surface area contributed by atoms with E-state index in [2.05, 4.69) is 32.0 Å². The number of carboxylic acids is 2. The molecule has 0 heterocycles. The average molecular weight is 368 g/mol. The Labute approximate surface area is 153 Å². The Bertz CT molecular complexity index is 587. The Kier molecular flexibility index (Phi) is 9.00. The normalized spacial score (nSPS) is 13.4. The molecule has 3 N–H and O–H groups in total. The number of carbonyl (C=O) groups is 2. The van der Waals surface area contributed by atoms with Gasteiger partial charge in [0.25, 0.3) is 0 Å². The molecule has 0 radical (unpaired) electrons. The van der Waals surface area contributed by atoms with Gasteiger partial charge in [0.2, 0.25) is 0 Å².